The van der Waals surface area contributed by atoms with Gasteiger partial charge in [0.15, 0.2) is 0 Å². The summed E-state index contributed by atoms with van der Waals surface area (Å²) in [6, 6.07) is 12.5. The van der Waals surface area contributed by atoms with Crippen LogP contribution in [0.2, 0.25) is 0 Å². The van der Waals surface area contributed by atoms with E-state index in [1.165, 1.54) is 18.2 Å². The van der Waals surface area contributed by atoms with Crippen LogP contribution in [0.4, 0.5) is 13.2 Å². The smallest absolute Gasteiger partial charge is 0.352 e. The molecular formula is C20H20F3N3O. The van der Waals surface area contributed by atoms with Crippen LogP contribution >= 0.6 is 0 Å². The zero-order valence-electron chi connectivity index (χ0n) is 14.6. The molecule has 1 amide bonds. The van der Waals surface area contributed by atoms with Gasteiger partial charge in [-0.25, -0.2) is 0 Å². The number of amides is 1. The molecular weight excluding hydrogens is 355 g/mol. The third-order valence-corrected chi connectivity index (χ3v) is 4.17. The van der Waals surface area contributed by atoms with Crippen LogP contribution in [0.5, 0.6) is 0 Å². The number of halogens is 3. The van der Waals surface area contributed by atoms with E-state index in [9.17, 15) is 18.0 Å². The lowest BCUT2D eigenvalue weighted by Gasteiger charge is -2.12. The summed E-state index contributed by atoms with van der Waals surface area (Å²) in [4.78, 5) is 12.1. The Morgan fingerprint density at radius 3 is 2.44 bits per heavy atom. The molecule has 0 unspecified atom stereocenters. The molecule has 3 aromatic rings. The Balaban J connectivity index is 0.00000280. The Kier molecular flexibility index (Phi) is 5.30. The largest absolute Gasteiger partial charge is 0.417 e. The number of aromatic nitrogens is 2. The fourth-order valence-electron chi connectivity index (χ4n) is 2.78. The van der Waals surface area contributed by atoms with Crippen molar-refractivity contribution in [1.82, 2.24) is 15.1 Å². The first-order chi connectivity index (χ1) is 12.8. The van der Waals surface area contributed by atoms with Crippen molar-refractivity contribution in [3.05, 3.63) is 77.6 Å². The topological polar surface area (TPSA) is 46.9 Å². The Morgan fingerprint density at radius 1 is 1.11 bits per heavy atom. The second kappa shape index (κ2) is 7.65. The number of hydrogen-bond acceptors (Lipinski definition) is 2. The minimum Gasteiger partial charge on any atom is -0.352 e. The Labute approximate surface area is 156 Å². The van der Waals surface area contributed by atoms with Crippen LogP contribution < -0.4 is 5.32 Å². The molecule has 0 saturated heterocycles. The molecule has 1 N–H and O–H groups in total. The average Bonchev–Trinajstić information content (AvgIpc) is 3.08. The van der Waals surface area contributed by atoms with Crippen LogP contribution in [0.3, 0.4) is 0 Å². The van der Waals surface area contributed by atoms with Gasteiger partial charge < -0.3 is 5.32 Å². The number of rotatable bonds is 5. The minimum absolute atomic E-state index is 0. The van der Waals surface area contributed by atoms with Crippen molar-refractivity contribution in [3.8, 4) is 11.1 Å². The number of benzene rings is 2. The summed E-state index contributed by atoms with van der Waals surface area (Å²) >= 11 is 0. The fraction of sp³-hybridized carbons (Fsp3) is 0.200. The lowest BCUT2D eigenvalue weighted by Crippen LogP contribution is -2.28. The van der Waals surface area contributed by atoms with Crippen molar-refractivity contribution < 1.29 is 19.4 Å². The van der Waals surface area contributed by atoms with Gasteiger partial charge in [0, 0.05) is 26.8 Å². The zero-order chi connectivity index (χ0) is 19.4. The monoisotopic (exact) mass is 375 g/mol. The van der Waals surface area contributed by atoms with E-state index in [2.05, 4.69) is 10.4 Å². The molecule has 1 heterocycles. The van der Waals surface area contributed by atoms with Gasteiger partial charge in [-0.2, -0.15) is 18.3 Å². The van der Waals surface area contributed by atoms with Crippen LogP contribution in [-0.2, 0) is 19.6 Å². The van der Waals surface area contributed by atoms with E-state index in [1.54, 1.807) is 10.9 Å². The van der Waals surface area contributed by atoms with E-state index in [0.717, 1.165) is 22.8 Å². The molecule has 142 valence electrons. The molecule has 0 aliphatic heterocycles. The molecule has 3 rings (SSSR count). The predicted molar refractivity (Wildman–Crippen MR) is 98.2 cm³/mol. The normalized spacial score (nSPS) is 11.4. The summed E-state index contributed by atoms with van der Waals surface area (Å²) in [5.74, 6) is -0.727. The quantitative estimate of drug-likeness (QED) is 0.722. The number of nitrogens with zero attached hydrogens (tertiary/aromatic N) is 2. The van der Waals surface area contributed by atoms with Crippen LogP contribution in [0, 0.1) is 0 Å². The molecule has 7 heteroatoms. The number of carbonyl (C=O) groups excluding carboxylic acids is 1. The van der Waals surface area contributed by atoms with Gasteiger partial charge in [0.05, 0.1) is 17.3 Å². The molecule has 27 heavy (non-hydrogen) atoms. The SMILES string of the molecule is Cn1cc(-c2ccc(CCNC(=O)c3ccccc3C(F)(F)F)cc2)cn1.[HH]. The van der Waals surface area contributed by atoms with Gasteiger partial charge in [-0.15, -0.1) is 0 Å². The first-order valence-corrected chi connectivity index (χ1v) is 8.37. The maximum Gasteiger partial charge on any atom is 0.417 e. The van der Waals surface area contributed by atoms with Crippen molar-refractivity contribution in [3.63, 3.8) is 0 Å². The zero-order valence-corrected chi connectivity index (χ0v) is 14.6. The van der Waals surface area contributed by atoms with Gasteiger partial charge in [-0.05, 0) is 29.7 Å². The molecule has 0 bridgehead atoms. The lowest BCUT2D eigenvalue weighted by atomic mass is 10.0. The Morgan fingerprint density at radius 2 is 1.81 bits per heavy atom. The first-order valence-electron chi connectivity index (χ1n) is 8.37. The Bertz CT molecular complexity index is 936. The fourth-order valence-corrected chi connectivity index (χ4v) is 2.78. The highest BCUT2D eigenvalue weighted by Crippen LogP contribution is 2.31. The maximum absolute atomic E-state index is 13.0. The van der Waals surface area contributed by atoms with E-state index in [-0.39, 0.29) is 13.5 Å². The molecule has 4 nitrogen and oxygen atoms in total. The van der Waals surface area contributed by atoms with Gasteiger partial charge in [0.25, 0.3) is 5.91 Å². The third kappa shape index (κ3) is 4.55. The van der Waals surface area contributed by atoms with Crippen LogP contribution in [0.15, 0.2) is 60.9 Å². The van der Waals surface area contributed by atoms with Crippen molar-refractivity contribution in [2.45, 2.75) is 12.6 Å². The summed E-state index contributed by atoms with van der Waals surface area (Å²) in [6.07, 6.45) is -0.357. The molecule has 0 saturated carbocycles. The summed E-state index contributed by atoms with van der Waals surface area (Å²) in [5.41, 5.74) is 1.71. The summed E-state index contributed by atoms with van der Waals surface area (Å²) in [5, 5.41) is 6.68. The Hall–Kier alpha value is -3.09. The van der Waals surface area contributed by atoms with Gasteiger partial charge in [-0.3, -0.25) is 9.48 Å². The highest BCUT2D eigenvalue weighted by Gasteiger charge is 2.34. The second-order valence-electron chi connectivity index (χ2n) is 6.15. The highest BCUT2D eigenvalue weighted by molar-refractivity contribution is 5.95. The third-order valence-electron chi connectivity index (χ3n) is 4.17. The average molecular weight is 375 g/mol. The van der Waals surface area contributed by atoms with Gasteiger partial charge in [0.1, 0.15) is 0 Å². The van der Waals surface area contributed by atoms with E-state index in [1.807, 2.05) is 37.5 Å². The molecule has 0 aliphatic carbocycles. The van der Waals surface area contributed by atoms with E-state index < -0.39 is 17.6 Å². The minimum atomic E-state index is -4.56. The standard InChI is InChI=1S/C20H18F3N3O.H2/c1-26-13-16(12-25-26)15-8-6-14(7-9-15)10-11-24-19(27)17-4-2-3-5-18(17)20(21,22)23;/h2-9,12-13H,10-11H2,1H3,(H,24,27);1H. The van der Waals surface area contributed by atoms with E-state index in [4.69, 9.17) is 0 Å². The predicted octanol–water partition coefficient (Wildman–Crippen LogP) is 4.32. The molecule has 0 radical (unpaired) electrons. The van der Waals surface area contributed by atoms with Crippen LogP contribution in [0.25, 0.3) is 11.1 Å². The number of carbonyl (C=O) groups is 1. The van der Waals surface area contributed by atoms with E-state index >= 15 is 0 Å². The van der Waals surface area contributed by atoms with Crippen LogP contribution in [-0.4, -0.2) is 22.2 Å². The second-order valence-corrected chi connectivity index (χ2v) is 6.15. The molecule has 1 aromatic heterocycles. The van der Waals surface area contributed by atoms with Crippen molar-refractivity contribution in [1.29, 1.82) is 0 Å². The van der Waals surface area contributed by atoms with E-state index in [0.29, 0.717) is 6.42 Å². The van der Waals surface area contributed by atoms with Crippen LogP contribution in [0.1, 0.15) is 22.9 Å². The summed E-state index contributed by atoms with van der Waals surface area (Å²) in [6.45, 7) is 0.247. The van der Waals surface area contributed by atoms with Crippen molar-refractivity contribution in [2.24, 2.45) is 7.05 Å². The maximum atomic E-state index is 13.0. The number of hydrogen-bond donors (Lipinski definition) is 1. The number of nitrogens with one attached hydrogen (secondary N) is 1. The van der Waals surface area contributed by atoms with Gasteiger partial charge in [0.2, 0.25) is 0 Å². The van der Waals surface area contributed by atoms with Gasteiger partial charge >= 0.3 is 6.18 Å². The molecule has 0 spiro atoms. The lowest BCUT2D eigenvalue weighted by molar-refractivity contribution is -0.137. The summed E-state index contributed by atoms with van der Waals surface area (Å²) in [7, 11) is 1.84. The summed E-state index contributed by atoms with van der Waals surface area (Å²) < 4.78 is 40.7. The number of aryl methyl sites for hydroxylation is 1. The van der Waals surface area contributed by atoms with Gasteiger partial charge in [-0.1, -0.05) is 36.4 Å². The number of alkyl halides is 3. The molecule has 0 aliphatic rings. The highest BCUT2D eigenvalue weighted by atomic mass is 19.4. The molecule has 2 aromatic carbocycles. The van der Waals surface area contributed by atoms with Crippen molar-refractivity contribution >= 4 is 5.91 Å². The molecule has 0 atom stereocenters. The first kappa shape index (κ1) is 18.7. The van der Waals surface area contributed by atoms with Crippen molar-refractivity contribution in [2.75, 3.05) is 6.54 Å². The molecule has 0 fully saturated rings.